The van der Waals surface area contributed by atoms with Crippen molar-refractivity contribution in [2.45, 2.75) is 134 Å². The van der Waals surface area contributed by atoms with Crippen LogP contribution < -0.4 is 58.0 Å². The first-order chi connectivity index (χ1) is 58.3. The van der Waals surface area contributed by atoms with Crippen LogP contribution in [0.2, 0.25) is 5.28 Å². The Morgan fingerprint density at radius 2 is 0.742 bits per heavy atom. The molecular weight excluding hydrogens is 1620 g/mol. The highest BCUT2D eigenvalue weighted by molar-refractivity contribution is 9.10. The van der Waals surface area contributed by atoms with Crippen molar-refractivity contribution in [2.75, 3.05) is 35.8 Å². The van der Waals surface area contributed by atoms with Gasteiger partial charge in [-0.25, -0.2) is 19.7 Å². The van der Waals surface area contributed by atoms with Crippen molar-refractivity contribution in [2.24, 2.45) is 0 Å². The van der Waals surface area contributed by atoms with Crippen LogP contribution in [0.15, 0.2) is 144 Å². The summed E-state index contributed by atoms with van der Waals surface area (Å²) in [5.41, 5.74) is 42.4. The molecule has 4 aliphatic rings. The summed E-state index contributed by atoms with van der Waals surface area (Å²) in [7, 11) is 1.54. The highest BCUT2D eigenvalue weighted by atomic mass is 79.9. The van der Waals surface area contributed by atoms with E-state index in [1.54, 1.807) is 66.8 Å². The van der Waals surface area contributed by atoms with E-state index in [2.05, 4.69) is 121 Å². The molecule has 4 aliphatic carbocycles. The molecule has 0 spiro atoms. The van der Waals surface area contributed by atoms with Gasteiger partial charge in [0, 0.05) is 0 Å². The molecule has 11 N–H and O–H groups in total. The van der Waals surface area contributed by atoms with Gasteiger partial charge in [-0.2, -0.15) is 81.1 Å². The number of hydrogen-bond donors (Lipinski definition) is 6. The van der Waals surface area contributed by atoms with E-state index in [9.17, 15) is 4.79 Å². The molecular formula is C82H74BrClN30O6. The second kappa shape index (κ2) is 35.9. The third-order valence-corrected chi connectivity index (χ3v) is 20.9. The smallest absolute Gasteiger partial charge is 0.328 e. The number of nitrogens with zero attached hydrogens (tertiary/aromatic N) is 24. The number of H-pyrrole nitrogens is 1. The first-order valence-electron chi connectivity index (χ1n) is 38.1. The van der Waals surface area contributed by atoms with Crippen molar-refractivity contribution in [3.63, 3.8) is 0 Å². The number of anilines is 5. The Kier molecular flexibility index (Phi) is 24.0. The fourth-order valence-electron chi connectivity index (χ4n) is 13.1. The molecule has 5 aromatic carbocycles. The van der Waals surface area contributed by atoms with E-state index in [1.807, 2.05) is 92.6 Å². The Balaban J connectivity index is 0.000000117. The number of ether oxygens (including phenoxy) is 5. The van der Waals surface area contributed by atoms with Gasteiger partial charge in [0.05, 0.1) is 111 Å². The summed E-state index contributed by atoms with van der Waals surface area (Å²) >= 11 is 9.28. The lowest BCUT2D eigenvalue weighted by Crippen LogP contribution is -2.25. The largest absolute Gasteiger partial charge is 0.468 e. The molecule has 0 amide bonds. The van der Waals surface area contributed by atoms with Crippen LogP contribution in [0.5, 0.6) is 30.1 Å². The zero-order chi connectivity index (χ0) is 83.5. The quantitative estimate of drug-likeness (QED) is 0.0323. The van der Waals surface area contributed by atoms with E-state index in [-0.39, 0.29) is 77.4 Å². The summed E-state index contributed by atoms with van der Waals surface area (Å²) in [4.78, 5) is 75.0. The Morgan fingerprint density at radius 1 is 0.408 bits per heavy atom. The van der Waals surface area contributed by atoms with Gasteiger partial charge in [0.15, 0.2) is 78.6 Å². The molecule has 0 radical (unpaired) electrons. The van der Waals surface area contributed by atoms with Gasteiger partial charge >= 0.3 is 29.7 Å². The molecule has 38 heteroatoms. The molecule has 15 aromatic rings. The third kappa shape index (κ3) is 18.4. The van der Waals surface area contributed by atoms with Gasteiger partial charge in [-0.1, -0.05) is 60.7 Å². The lowest BCUT2D eigenvalue weighted by atomic mass is 9.96. The Labute approximate surface area is 696 Å². The van der Waals surface area contributed by atoms with Crippen molar-refractivity contribution in [3.05, 3.63) is 210 Å². The number of fused-ring (bicyclic) bond motifs is 5. The van der Waals surface area contributed by atoms with Crippen molar-refractivity contribution in [1.82, 2.24) is 97.6 Å². The van der Waals surface area contributed by atoms with E-state index in [1.165, 1.54) is 17.4 Å². The van der Waals surface area contributed by atoms with Crippen LogP contribution in [-0.2, 0) is 32.7 Å². The number of hydrogen-bond acceptors (Lipinski definition) is 30. The maximum atomic E-state index is 12.3. The van der Waals surface area contributed by atoms with Gasteiger partial charge in [-0.05, 0) is 193 Å². The van der Waals surface area contributed by atoms with Crippen molar-refractivity contribution in [3.8, 4) is 60.4 Å². The predicted octanol–water partition coefficient (Wildman–Crippen LogP) is 11.1. The summed E-state index contributed by atoms with van der Waals surface area (Å²) < 4.78 is 37.9. The first-order valence-corrected chi connectivity index (χ1v) is 39.3. The number of nitrogen functional groups attached to an aromatic ring is 5. The molecule has 0 aliphatic heterocycles. The minimum atomic E-state index is -0.334. The average Bonchev–Trinajstić information content (AvgIpc) is 1.64. The molecule has 4 saturated carbocycles. The normalized spacial score (nSPS) is 13.6. The lowest BCUT2D eigenvalue weighted by Gasteiger charge is -2.25. The SMILES string of the molecule is COc1nc2c(N)nc(OC3CCC3)nc2n1Cc1cccc(C#N)c1.N#Cc1cccc(Cn2c(=O)[nH]c3c(N)nc(OC4CCC4)nc32)c1.N#Cc1cccc(Cn2c(Br)nc3c(N)nc(OC4CCC4)nc32)c1.N#Cc1cccc(Cn2cnc3c(N)nc(Cl)nc32)c1.N#Cc1cccc(Cn2cnc3c(N)nc(OC4CCC4)nc32)c1. The molecule has 0 bridgehead atoms. The number of methoxy groups -OCH3 is 1. The van der Waals surface area contributed by atoms with Crippen LogP contribution >= 0.6 is 27.5 Å². The Bertz CT molecular complexity index is 6650. The van der Waals surface area contributed by atoms with Gasteiger partial charge < -0.3 is 66.5 Å². The van der Waals surface area contributed by atoms with Crippen LogP contribution in [0.3, 0.4) is 0 Å². The molecule has 602 valence electrons. The molecule has 120 heavy (non-hydrogen) atoms. The minimum Gasteiger partial charge on any atom is -0.468 e. The van der Waals surface area contributed by atoms with Crippen molar-refractivity contribution in [1.29, 1.82) is 26.3 Å². The van der Waals surface area contributed by atoms with E-state index >= 15 is 0 Å². The van der Waals surface area contributed by atoms with Gasteiger partial charge in [-0.3, -0.25) is 13.7 Å². The minimum absolute atomic E-state index is 0.0857. The molecule has 10 heterocycles. The van der Waals surface area contributed by atoms with Crippen LogP contribution in [0.25, 0.3) is 55.8 Å². The maximum Gasteiger partial charge on any atom is 0.328 e. The fraction of sp³-hybridized carbons (Fsp3) is 0.268. The number of benzene rings is 5. The topological polar surface area (TPSA) is 533 Å². The lowest BCUT2D eigenvalue weighted by molar-refractivity contribution is 0.109. The van der Waals surface area contributed by atoms with Crippen LogP contribution in [0.1, 0.15) is 133 Å². The van der Waals surface area contributed by atoms with E-state index < -0.39 is 0 Å². The number of imidazole rings is 5. The molecule has 0 atom stereocenters. The molecule has 10 aromatic heterocycles. The van der Waals surface area contributed by atoms with Crippen molar-refractivity contribution < 1.29 is 23.7 Å². The van der Waals surface area contributed by atoms with Crippen LogP contribution in [0, 0.1) is 56.7 Å². The number of nitrogens with one attached hydrogen (secondary N) is 1. The average molecular weight is 1690 g/mol. The van der Waals surface area contributed by atoms with E-state index in [0.717, 1.165) is 92.0 Å². The second-order valence-electron chi connectivity index (χ2n) is 28.5. The summed E-state index contributed by atoms with van der Waals surface area (Å²) in [5, 5.41) is 45.2. The Morgan fingerprint density at radius 3 is 1.13 bits per heavy atom. The first kappa shape index (κ1) is 80.1. The number of nitriles is 5. The number of halogens is 2. The third-order valence-electron chi connectivity index (χ3n) is 20.2. The summed E-state index contributed by atoms with van der Waals surface area (Å²) in [5.74, 6) is 1.31. The molecule has 0 saturated heterocycles. The molecule has 0 unspecified atom stereocenters. The summed E-state index contributed by atoms with van der Waals surface area (Å²) in [6.07, 6.45) is 16.6. The number of aromatic nitrogens is 20. The second-order valence-corrected chi connectivity index (χ2v) is 29.5. The number of nitrogens with two attached hydrogens (primary N) is 5. The monoisotopic (exact) mass is 1690 g/mol. The molecule has 36 nitrogen and oxygen atoms in total. The highest BCUT2D eigenvalue weighted by Crippen LogP contribution is 2.34. The molecule has 19 rings (SSSR count). The zero-order valence-electron chi connectivity index (χ0n) is 64.4. The van der Waals surface area contributed by atoms with Crippen LogP contribution in [0.4, 0.5) is 29.1 Å². The summed E-state index contributed by atoms with van der Waals surface area (Å²) in [6, 6.07) is 48.7. The van der Waals surface area contributed by atoms with Gasteiger partial charge in [0.25, 0.3) is 6.01 Å². The Hall–Kier alpha value is -15.1. The number of aromatic amines is 1. The summed E-state index contributed by atoms with van der Waals surface area (Å²) in [6.45, 7) is 2.29. The molecule has 4 fully saturated rings. The predicted molar refractivity (Wildman–Crippen MR) is 445 cm³/mol. The standard InChI is InChI=1S/C18H18N6O2.C17H15BrN6O.C17H16N6O2.C17H16N6O.C13H9ClN6/c1-25-18-21-14-15(20)22-17(26-13-6-3-7-13)23-16(14)24(18)10-12-5-2-4-11(8-12)9-19;18-16-21-13-14(20)22-17(25-12-5-2-6-12)23-15(13)24(16)9-11-4-1-3-10(7-11)8-19;18-8-10-3-1-4-11(7-10)9-23-15-13(20-17(23)24)14(19)21-16(22-15)25-12-5-2-6-12;18-8-11-3-1-4-12(7-11)9-23-10-20-14-15(19)21-17(22-16(14)23)24-13-5-2-6-13;14-13-18-11(16)10-12(19-13)20(7-17-10)6-9-3-1-2-8(4-9)5-15/h2,4-5,8,13H,3,6-7,10H2,1H3,(H2,20,22,23);1,3-4,7,12H,2,5-6,9H2,(H2,20,22,23);1,3-4,7,12H,2,5-6,9H2,(H,20,24)(H2,19,21,22);1,3-4,7,10,13H,2,5-6,9H2,(H2,19,21,22);1-4,7H,6H2,(H2,16,18,19). The zero-order valence-corrected chi connectivity index (χ0v) is 66.7. The van der Waals surface area contributed by atoms with Gasteiger partial charge in [-0.15, -0.1) is 0 Å². The number of rotatable bonds is 19. The van der Waals surface area contributed by atoms with Gasteiger partial charge in [0.2, 0.25) is 5.28 Å². The van der Waals surface area contributed by atoms with Crippen molar-refractivity contribution >= 4 is 112 Å². The van der Waals surface area contributed by atoms with Crippen LogP contribution in [-0.4, -0.2) is 129 Å². The van der Waals surface area contributed by atoms with E-state index in [4.69, 9.17) is 90.3 Å². The highest BCUT2D eigenvalue weighted by Gasteiger charge is 2.28. The van der Waals surface area contributed by atoms with E-state index in [0.29, 0.717) is 138 Å². The van der Waals surface area contributed by atoms with Gasteiger partial charge in [0.1, 0.15) is 35.4 Å². The fourth-order valence-corrected chi connectivity index (χ4v) is 13.7. The maximum absolute atomic E-state index is 12.3.